The average Bonchev–Trinajstić information content (AvgIpc) is 3.40. The van der Waals surface area contributed by atoms with Gasteiger partial charge in [0.2, 0.25) is 5.91 Å². The number of amides is 1. The Bertz CT molecular complexity index is 1410. The quantitative estimate of drug-likeness (QED) is 0.175. The lowest BCUT2D eigenvalue weighted by Gasteiger charge is -2.12. The molecule has 4 nitrogen and oxygen atoms in total. The van der Waals surface area contributed by atoms with Gasteiger partial charge in [0, 0.05) is 23.6 Å². The van der Waals surface area contributed by atoms with Crippen molar-refractivity contribution >= 4 is 81.1 Å². The zero-order valence-electron chi connectivity index (χ0n) is 18.4. The Morgan fingerprint density at radius 1 is 1.03 bits per heavy atom. The van der Waals surface area contributed by atoms with Crippen LogP contribution in [0.3, 0.4) is 0 Å². The molecule has 188 valence electrons. The topological polar surface area (TPSA) is 72.2 Å². The third-order valence-corrected chi connectivity index (χ3v) is 8.20. The number of nitrogens with one attached hydrogen (secondary N) is 1. The van der Waals surface area contributed by atoms with Crippen molar-refractivity contribution < 1.29 is 18.4 Å². The minimum atomic E-state index is -1.37. The lowest BCUT2D eigenvalue weighted by molar-refractivity contribution is -0.117. The fraction of sp³-hybridized carbons (Fsp3) is 0.200. The van der Waals surface area contributed by atoms with Crippen molar-refractivity contribution in [3.05, 3.63) is 91.4 Å². The number of carbonyl (C=O) groups excluding carboxylic acids is 2. The van der Waals surface area contributed by atoms with Crippen LogP contribution in [-0.2, 0) is 11.2 Å². The number of rotatable bonds is 6. The Hall–Kier alpha value is -2.09. The highest BCUT2D eigenvalue weighted by Crippen LogP contribution is 2.65. The highest BCUT2D eigenvalue weighted by atomic mass is 35.5. The molecule has 0 aliphatic heterocycles. The Morgan fingerprint density at radius 3 is 2.39 bits per heavy atom. The fourth-order valence-electron chi connectivity index (χ4n) is 4.06. The predicted molar refractivity (Wildman–Crippen MR) is 141 cm³/mol. The Kier molecular flexibility index (Phi) is 7.48. The molecule has 1 amide bonds. The van der Waals surface area contributed by atoms with Crippen LogP contribution >= 0.6 is 58.0 Å². The summed E-state index contributed by atoms with van der Waals surface area (Å²) in [7, 11) is 0. The summed E-state index contributed by atoms with van der Waals surface area (Å²) in [6.45, 7) is 1.65. The molecule has 0 unspecified atom stereocenters. The number of ketones is 1. The molecule has 1 aliphatic carbocycles. The lowest BCUT2D eigenvalue weighted by atomic mass is 9.99. The Balaban J connectivity index is 1.56. The first-order valence-corrected chi connectivity index (χ1v) is 12.4. The van der Waals surface area contributed by atoms with Gasteiger partial charge in [0.1, 0.15) is 15.8 Å². The van der Waals surface area contributed by atoms with E-state index < -0.39 is 51.6 Å². The molecule has 36 heavy (non-hydrogen) atoms. The first kappa shape index (κ1) is 27.0. The summed E-state index contributed by atoms with van der Waals surface area (Å²) in [6.07, 6.45) is -0.415. The van der Waals surface area contributed by atoms with Crippen LogP contribution < -0.4 is 11.1 Å². The van der Waals surface area contributed by atoms with Gasteiger partial charge in [-0.05, 0) is 53.9 Å². The number of nitrogen functional groups attached to an aromatic ring is 1. The van der Waals surface area contributed by atoms with Crippen molar-refractivity contribution in [1.29, 1.82) is 0 Å². The van der Waals surface area contributed by atoms with E-state index in [1.807, 2.05) is 0 Å². The molecule has 3 aromatic carbocycles. The summed E-state index contributed by atoms with van der Waals surface area (Å²) < 4.78 is 26.4. The maximum atomic E-state index is 14.3. The molecule has 0 aromatic heterocycles. The summed E-state index contributed by atoms with van der Waals surface area (Å²) in [5.41, 5.74) is 6.10. The number of alkyl halides is 2. The van der Waals surface area contributed by atoms with E-state index in [-0.39, 0.29) is 21.8 Å². The van der Waals surface area contributed by atoms with Crippen molar-refractivity contribution in [1.82, 2.24) is 0 Å². The van der Waals surface area contributed by atoms with Gasteiger partial charge >= 0.3 is 0 Å². The van der Waals surface area contributed by atoms with Gasteiger partial charge in [-0.15, -0.1) is 23.2 Å². The van der Waals surface area contributed by atoms with E-state index in [9.17, 15) is 18.4 Å². The summed E-state index contributed by atoms with van der Waals surface area (Å²) in [6, 6.07) is 9.96. The SMILES string of the molecule is Cc1cc(NC(=O)[C@H]2[C@H](c3ccc(Cl)c(Cl)c3)C2(Cl)Cl)cc(C(=O)Cc2ccc(F)c(N)c2F)c1Cl. The standard InChI is InChI=1S/C25H17Cl5F2N2O2/c1-10-6-13(9-14(21(10)28)18(35)8-12-3-5-17(31)23(33)22(12)32)34-24(36)20-19(25(20,29)30)11-2-4-15(26)16(27)7-11/h2-7,9,19-20H,8,33H2,1H3,(H,34,36)/t19-,20+/m0/s1. The van der Waals surface area contributed by atoms with Crippen molar-refractivity contribution in [2.24, 2.45) is 5.92 Å². The van der Waals surface area contributed by atoms with Gasteiger partial charge < -0.3 is 11.1 Å². The predicted octanol–water partition coefficient (Wildman–Crippen LogP) is 7.77. The van der Waals surface area contributed by atoms with Crippen molar-refractivity contribution in [2.45, 2.75) is 23.6 Å². The van der Waals surface area contributed by atoms with E-state index in [1.54, 1.807) is 31.2 Å². The summed E-state index contributed by atoms with van der Waals surface area (Å²) in [4.78, 5) is 26.0. The zero-order chi connectivity index (χ0) is 26.5. The molecular weight excluding hydrogens is 576 g/mol. The zero-order valence-corrected chi connectivity index (χ0v) is 22.2. The second-order valence-corrected chi connectivity index (χ2v) is 11.1. The second-order valence-electron chi connectivity index (χ2n) is 8.48. The fourth-order valence-corrected chi connectivity index (χ4v) is 5.41. The third kappa shape index (κ3) is 5.02. The maximum Gasteiger partial charge on any atom is 0.231 e. The first-order chi connectivity index (χ1) is 16.8. The minimum Gasteiger partial charge on any atom is -0.394 e. The van der Waals surface area contributed by atoms with Crippen LogP contribution in [0, 0.1) is 24.5 Å². The van der Waals surface area contributed by atoms with E-state index in [1.165, 1.54) is 6.07 Å². The molecular formula is C25H17Cl5F2N2O2. The summed E-state index contributed by atoms with van der Waals surface area (Å²) in [5, 5.41) is 3.52. The van der Waals surface area contributed by atoms with Gasteiger partial charge in [-0.2, -0.15) is 0 Å². The molecule has 0 radical (unpaired) electrons. The highest BCUT2D eigenvalue weighted by molar-refractivity contribution is 6.53. The van der Waals surface area contributed by atoms with E-state index in [4.69, 9.17) is 63.7 Å². The van der Waals surface area contributed by atoms with Crippen LogP contribution in [-0.4, -0.2) is 16.0 Å². The van der Waals surface area contributed by atoms with Crippen LogP contribution in [0.5, 0.6) is 0 Å². The van der Waals surface area contributed by atoms with Gasteiger partial charge in [0.25, 0.3) is 0 Å². The molecule has 0 spiro atoms. The Morgan fingerprint density at radius 2 is 1.72 bits per heavy atom. The number of anilines is 2. The molecule has 0 heterocycles. The minimum absolute atomic E-state index is 0.0501. The van der Waals surface area contributed by atoms with Gasteiger partial charge in [-0.25, -0.2) is 8.78 Å². The molecule has 0 bridgehead atoms. The molecule has 2 atom stereocenters. The van der Waals surface area contributed by atoms with Gasteiger partial charge in [0.15, 0.2) is 11.6 Å². The van der Waals surface area contributed by atoms with Crippen LogP contribution in [0.4, 0.5) is 20.2 Å². The summed E-state index contributed by atoms with van der Waals surface area (Å²) >= 11 is 31.2. The van der Waals surface area contributed by atoms with Crippen LogP contribution in [0.25, 0.3) is 0 Å². The van der Waals surface area contributed by atoms with E-state index in [0.717, 1.165) is 12.1 Å². The second kappa shape index (κ2) is 9.99. The van der Waals surface area contributed by atoms with Crippen molar-refractivity contribution in [3.63, 3.8) is 0 Å². The Labute approximate surface area is 230 Å². The molecule has 1 saturated carbocycles. The molecule has 0 saturated heterocycles. The molecule has 1 fully saturated rings. The monoisotopic (exact) mass is 590 g/mol. The number of aryl methyl sites for hydroxylation is 1. The normalized spacial score (nSPS) is 18.1. The smallest absolute Gasteiger partial charge is 0.231 e. The molecule has 3 N–H and O–H groups in total. The lowest BCUT2D eigenvalue weighted by Crippen LogP contribution is -2.18. The molecule has 1 aliphatic rings. The number of Topliss-reactive ketones (excluding diaryl/α,β-unsaturated/α-hetero) is 1. The third-order valence-electron chi connectivity index (χ3n) is 6.02. The number of nitrogens with two attached hydrogens (primary N) is 1. The first-order valence-electron chi connectivity index (χ1n) is 10.5. The van der Waals surface area contributed by atoms with Crippen LogP contribution in [0.1, 0.15) is 33.0 Å². The van der Waals surface area contributed by atoms with Crippen molar-refractivity contribution in [2.75, 3.05) is 11.1 Å². The number of carbonyl (C=O) groups is 2. The molecule has 4 rings (SSSR count). The molecule has 11 heteroatoms. The number of hydrogen-bond acceptors (Lipinski definition) is 3. The number of hydrogen-bond donors (Lipinski definition) is 2. The van der Waals surface area contributed by atoms with E-state index in [0.29, 0.717) is 21.2 Å². The van der Waals surface area contributed by atoms with Crippen LogP contribution in [0.15, 0.2) is 42.5 Å². The summed E-state index contributed by atoms with van der Waals surface area (Å²) in [5.74, 6) is -4.29. The maximum absolute atomic E-state index is 14.3. The van der Waals surface area contributed by atoms with E-state index >= 15 is 0 Å². The van der Waals surface area contributed by atoms with Gasteiger partial charge in [0.05, 0.1) is 21.0 Å². The van der Waals surface area contributed by atoms with Crippen molar-refractivity contribution in [3.8, 4) is 0 Å². The average molecular weight is 593 g/mol. The van der Waals surface area contributed by atoms with E-state index in [2.05, 4.69) is 5.32 Å². The largest absolute Gasteiger partial charge is 0.394 e. The number of benzene rings is 3. The van der Waals surface area contributed by atoms with Gasteiger partial charge in [-0.1, -0.05) is 46.9 Å². The van der Waals surface area contributed by atoms with Crippen LogP contribution in [0.2, 0.25) is 15.1 Å². The number of halogens is 7. The molecule has 3 aromatic rings. The van der Waals surface area contributed by atoms with Gasteiger partial charge in [-0.3, -0.25) is 9.59 Å². The highest BCUT2D eigenvalue weighted by Gasteiger charge is 2.67.